The van der Waals surface area contributed by atoms with Crippen molar-refractivity contribution in [2.75, 3.05) is 0 Å². The summed E-state index contributed by atoms with van der Waals surface area (Å²) in [4.78, 5) is 4.34. The molecule has 3 aromatic heterocycles. The lowest BCUT2D eigenvalue weighted by atomic mass is 10.3. The van der Waals surface area contributed by atoms with Crippen molar-refractivity contribution in [3.63, 3.8) is 0 Å². The third kappa shape index (κ3) is 3.49. The van der Waals surface area contributed by atoms with Gasteiger partial charge in [0.05, 0.1) is 27.7 Å². The van der Waals surface area contributed by atoms with Gasteiger partial charge in [0.2, 0.25) is 5.82 Å². The normalized spacial score (nSPS) is 11.0. The van der Waals surface area contributed by atoms with Crippen LogP contribution < -0.4 is 0 Å². The lowest BCUT2D eigenvalue weighted by Crippen LogP contribution is -1.99. The SMILES string of the molecule is Clc1ccc(-n2c(SCc3ccccn3)nnc2-c2ccco2)cc1Cl. The van der Waals surface area contributed by atoms with E-state index >= 15 is 0 Å². The molecule has 0 aliphatic rings. The quantitative estimate of drug-likeness (QED) is 0.411. The highest BCUT2D eigenvalue weighted by Crippen LogP contribution is 2.32. The van der Waals surface area contributed by atoms with Crippen LogP contribution in [0.1, 0.15) is 5.69 Å². The van der Waals surface area contributed by atoms with Crippen LogP contribution in [0.3, 0.4) is 0 Å². The van der Waals surface area contributed by atoms with Crippen LogP contribution in [0.25, 0.3) is 17.3 Å². The molecule has 4 aromatic rings. The van der Waals surface area contributed by atoms with Gasteiger partial charge in [-0.25, -0.2) is 0 Å². The number of pyridine rings is 1. The van der Waals surface area contributed by atoms with Gasteiger partial charge in [0.1, 0.15) is 0 Å². The third-order valence-electron chi connectivity index (χ3n) is 3.61. The van der Waals surface area contributed by atoms with Gasteiger partial charge in [-0.1, -0.05) is 41.0 Å². The fourth-order valence-electron chi connectivity index (χ4n) is 2.41. The lowest BCUT2D eigenvalue weighted by molar-refractivity contribution is 0.575. The van der Waals surface area contributed by atoms with Crippen LogP contribution in [0.5, 0.6) is 0 Å². The summed E-state index contributed by atoms with van der Waals surface area (Å²) in [7, 11) is 0. The minimum atomic E-state index is 0.462. The Bertz CT molecular complexity index is 1020. The van der Waals surface area contributed by atoms with E-state index in [9.17, 15) is 0 Å². The molecule has 1 aromatic carbocycles. The number of thioether (sulfide) groups is 1. The van der Waals surface area contributed by atoms with E-state index in [0.29, 0.717) is 32.5 Å². The molecule has 0 atom stereocenters. The van der Waals surface area contributed by atoms with Crippen molar-refractivity contribution < 1.29 is 4.42 Å². The fraction of sp³-hybridized carbons (Fsp3) is 0.0556. The van der Waals surface area contributed by atoms with E-state index < -0.39 is 0 Å². The Morgan fingerprint density at radius 2 is 1.92 bits per heavy atom. The highest BCUT2D eigenvalue weighted by Gasteiger charge is 2.18. The zero-order valence-electron chi connectivity index (χ0n) is 13.3. The van der Waals surface area contributed by atoms with Crippen molar-refractivity contribution >= 4 is 35.0 Å². The average molecular weight is 403 g/mol. The molecule has 8 heteroatoms. The maximum absolute atomic E-state index is 6.21. The van der Waals surface area contributed by atoms with Gasteiger partial charge in [-0.15, -0.1) is 10.2 Å². The Kier molecular flexibility index (Phi) is 4.97. The van der Waals surface area contributed by atoms with Gasteiger partial charge < -0.3 is 4.42 Å². The van der Waals surface area contributed by atoms with Crippen molar-refractivity contribution in [2.45, 2.75) is 10.9 Å². The molecular formula is C18H12Cl2N4OS. The van der Waals surface area contributed by atoms with Crippen molar-refractivity contribution in [2.24, 2.45) is 0 Å². The number of benzene rings is 1. The predicted octanol–water partition coefficient (Wildman–Crippen LogP) is 5.52. The first-order valence-corrected chi connectivity index (χ1v) is 9.44. The largest absolute Gasteiger partial charge is 0.461 e. The van der Waals surface area contributed by atoms with Crippen LogP contribution in [0.4, 0.5) is 0 Å². The molecule has 0 spiro atoms. The van der Waals surface area contributed by atoms with Crippen LogP contribution in [-0.4, -0.2) is 19.7 Å². The molecule has 0 amide bonds. The van der Waals surface area contributed by atoms with E-state index in [-0.39, 0.29) is 0 Å². The molecule has 0 aliphatic carbocycles. The molecule has 0 bridgehead atoms. The molecule has 3 heterocycles. The first kappa shape index (κ1) is 17.1. The molecule has 26 heavy (non-hydrogen) atoms. The number of halogens is 2. The number of hydrogen-bond acceptors (Lipinski definition) is 5. The van der Waals surface area contributed by atoms with E-state index in [1.165, 1.54) is 11.8 Å². The predicted molar refractivity (Wildman–Crippen MR) is 103 cm³/mol. The molecule has 5 nitrogen and oxygen atoms in total. The Morgan fingerprint density at radius 3 is 2.65 bits per heavy atom. The van der Waals surface area contributed by atoms with Gasteiger partial charge in [-0.05, 0) is 42.5 Å². The van der Waals surface area contributed by atoms with Crippen molar-refractivity contribution in [1.82, 2.24) is 19.7 Å². The maximum Gasteiger partial charge on any atom is 0.205 e. The Hall–Kier alpha value is -2.28. The minimum Gasteiger partial charge on any atom is -0.461 e. The van der Waals surface area contributed by atoms with Gasteiger partial charge in [0.15, 0.2) is 10.9 Å². The molecule has 0 saturated carbocycles. The van der Waals surface area contributed by atoms with E-state index in [2.05, 4.69) is 15.2 Å². The lowest BCUT2D eigenvalue weighted by Gasteiger charge is -2.10. The second-order valence-electron chi connectivity index (χ2n) is 5.33. The molecule has 0 N–H and O–H groups in total. The highest BCUT2D eigenvalue weighted by molar-refractivity contribution is 7.98. The zero-order chi connectivity index (χ0) is 17.9. The average Bonchev–Trinajstić information content (AvgIpc) is 3.32. The summed E-state index contributed by atoms with van der Waals surface area (Å²) >= 11 is 13.8. The summed E-state index contributed by atoms with van der Waals surface area (Å²) < 4.78 is 7.41. The van der Waals surface area contributed by atoms with Crippen molar-refractivity contribution in [3.8, 4) is 17.3 Å². The van der Waals surface area contributed by atoms with E-state index in [1.807, 2.05) is 41.0 Å². The Balaban J connectivity index is 1.75. The second-order valence-corrected chi connectivity index (χ2v) is 7.08. The van der Waals surface area contributed by atoms with E-state index in [1.54, 1.807) is 24.6 Å². The van der Waals surface area contributed by atoms with E-state index in [0.717, 1.165) is 11.4 Å². The summed E-state index contributed by atoms with van der Waals surface area (Å²) in [6, 6.07) is 14.9. The standard InChI is InChI=1S/C18H12Cl2N4OS/c19-14-7-6-13(10-15(14)20)24-17(16-5-3-9-25-16)22-23-18(24)26-11-12-4-1-2-8-21-12/h1-10H,11H2. The smallest absolute Gasteiger partial charge is 0.205 e. The topological polar surface area (TPSA) is 56.7 Å². The van der Waals surface area contributed by atoms with Gasteiger partial charge in [-0.2, -0.15) is 0 Å². The number of rotatable bonds is 5. The molecule has 0 saturated heterocycles. The monoisotopic (exact) mass is 402 g/mol. The molecular weight excluding hydrogens is 391 g/mol. The van der Waals surface area contributed by atoms with Crippen LogP contribution in [0.15, 0.2) is 70.6 Å². The zero-order valence-corrected chi connectivity index (χ0v) is 15.7. The Labute approximate surface area is 164 Å². The first-order chi connectivity index (χ1) is 12.7. The van der Waals surface area contributed by atoms with Gasteiger partial charge in [0, 0.05) is 11.9 Å². The maximum atomic E-state index is 6.21. The van der Waals surface area contributed by atoms with Gasteiger partial charge in [0.25, 0.3) is 0 Å². The highest BCUT2D eigenvalue weighted by atomic mass is 35.5. The van der Waals surface area contributed by atoms with Crippen LogP contribution in [-0.2, 0) is 5.75 Å². The van der Waals surface area contributed by atoms with Crippen molar-refractivity contribution in [1.29, 1.82) is 0 Å². The summed E-state index contributed by atoms with van der Waals surface area (Å²) in [5, 5.41) is 10.3. The third-order valence-corrected chi connectivity index (χ3v) is 5.31. The second kappa shape index (κ2) is 7.53. The van der Waals surface area contributed by atoms with Crippen LogP contribution >= 0.6 is 35.0 Å². The van der Waals surface area contributed by atoms with Crippen LogP contribution in [0.2, 0.25) is 10.0 Å². The molecule has 0 unspecified atom stereocenters. The number of nitrogens with zero attached hydrogens (tertiary/aromatic N) is 4. The van der Waals surface area contributed by atoms with Crippen LogP contribution in [0, 0.1) is 0 Å². The summed E-state index contributed by atoms with van der Waals surface area (Å²) in [5.41, 5.74) is 1.76. The fourth-order valence-corrected chi connectivity index (χ4v) is 3.57. The number of furan rings is 1. The van der Waals surface area contributed by atoms with Gasteiger partial charge in [-0.3, -0.25) is 9.55 Å². The summed E-state index contributed by atoms with van der Waals surface area (Å²) in [6.07, 6.45) is 3.37. The molecule has 130 valence electrons. The Morgan fingerprint density at radius 1 is 1.00 bits per heavy atom. The first-order valence-electron chi connectivity index (χ1n) is 7.70. The number of aromatic nitrogens is 4. The molecule has 0 radical (unpaired) electrons. The molecule has 0 fully saturated rings. The minimum absolute atomic E-state index is 0.462. The summed E-state index contributed by atoms with van der Waals surface area (Å²) in [5.74, 6) is 1.88. The molecule has 4 rings (SSSR count). The van der Waals surface area contributed by atoms with E-state index in [4.69, 9.17) is 27.6 Å². The summed E-state index contributed by atoms with van der Waals surface area (Å²) in [6.45, 7) is 0. The van der Waals surface area contributed by atoms with Crippen molar-refractivity contribution in [3.05, 3.63) is 76.7 Å². The molecule has 0 aliphatic heterocycles. The number of hydrogen-bond donors (Lipinski definition) is 0. The van der Waals surface area contributed by atoms with Gasteiger partial charge >= 0.3 is 0 Å².